The minimum absolute atomic E-state index is 0.0265. The van der Waals surface area contributed by atoms with Crippen LogP contribution in [0.25, 0.3) is 0 Å². The SMILES string of the molecule is C/C=C1\C=C[C@@]2(C)C(=C1)CC[C@@H]1[C@@H]2[C@@H](O)C[C@@]2(C)[C@H]1C[C@H]1O[C@@H](c3ccc(Cc4cccc(NC(=O)[C@H](C)NC(=O)CNC(=O)C(CC(=O)O)SC(C)CC)c4)cc3)O[C@]12C(=O)COP(=O)(O)O. The van der Waals surface area contributed by atoms with Crippen molar-refractivity contribution in [1.29, 1.82) is 0 Å². The summed E-state index contributed by atoms with van der Waals surface area (Å²) in [4.78, 5) is 83.4. The summed E-state index contributed by atoms with van der Waals surface area (Å²) in [5.41, 5.74) is 2.36. The van der Waals surface area contributed by atoms with Gasteiger partial charge in [0.25, 0.3) is 0 Å². The minimum Gasteiger partial charge on any atom is -0.481 e. The van der Waals surface area contributed by atoms with Crippen LogP contribution in [0.4, 0.5) is 5.69 Å². The Labute approximate surface area is 401 Å². The molecule has 2 aromatic rings. The molecule has 5 aliphatic rings. The zero-order valence-corrected chi connectivity index (χ0v) is 41.0. The lowest BCUT2D eigenvalue weighted by Gasteiger charge is -2.60. The predicted octanol–water partition coefficient (Wildman–Crippen LogP) is 6.31. The van der Waals surface area contributed by atoms with Gasteiger partial charge in [0.2, 0.25) is 17.7 Å². The Morgan fingerprint density at radius 1 is 1.04 bits per heavy atom. The van der Waals surface area contributed by atoms with Crippen molar-refractivity contribution >= 4 is 54.7 Å². The number of Topliss-reactive ketones (excluding diaryl/α,β-unsaturated/α-hetero) is 1. The van der Waals surface area contributed by atoms with Gasteiger partial charge in [0.1, 0.15) is 12.6 Å². The molecule has 1 aliphatic heterocycles. The van der Waals surface area contributed by atoms with Gasteiger partial charge in [-0.2, -0.15) is 0 Å². The third kappa shape index (κ3) is 10.5. The first-order valence-electron chi connectivity index (χ1n) is 23.3. The summed E-state index contributed by atoms with van der Waals surface area (Å²) in [5.74, 6) is -3.59. The molecule has 0 spiro atoms. The molecule has 4 fully saturated rings. The van der Waals surface area contributed by atoms with Crippen molar-refractivity contribution < 1.29 is 62.5 Å². The van der Waals surface area contributed by atoms with Gasteiger partial charge >= 0.3 is 13.8 Å². The summed E-state index contributed by atoms with van der Waals surface area (Å²) in [6, 6.07) is 13.8. The van der Waals surface area contributed by atoms with Gasteiger partial charge in [-0.1, -0.05) is 94.0 Å². The molecule has 2 aromatic carbocycles. The number of ketones is 1. The van der Waals surface area contributed by atoms with Gasteiger partial charge in [-0.05, 0) is 93.0 Å². The summed E-state index contributed by atoms with van der Waals surface area (Å²) < 4.78 is 30.2. The average molecular weight is 978 g/mol. The standard InChI is InChI=1S/C50H64N3O13PS/c1-7-28(3)68-39(24-43(57)58)46(60)51-26-42(56)52-29(4)45(59)53-35-11-9-10-32(22-35)20-31-12-14-33(15-13-31)47-65-41-23-37-36-17-16-34-21-30(8-2)18-19-48(34,5)44(36)38(54)25-49(37,6)50(41,66-47)40(55)27-64-67(61,62)63/h8-15,18-19,21-22,28-29,36-39,41,44,47,54H,7,16-17,20,23-27H2,1-6H3,(H,51,60)(H,52,56)(H,53,59)(H,57,58)(H2,61,62,63)/b30-8+/t28?,29-,36-,37-,38-,39?,41+,44+,47+,48-,49-,50+/m0/s1. The number of nitrogens with one attached hydrogen (secondary N) is 3. The number of aliphatic hydroxyl groups is 1. The van der Waals surface area contributed by atoms with E-state index in [1.165, 1.54) is 24.3 Å². The van der Waals surface area contributed by atoms with Crippen LogP contribution >= 0.6 is 19.6 Å². The Morgan fingerprint density at radius 3 is 2.46 bits per heavy atom. The second kappa shape index (κ2) is 20.5. The van der Waals surface area contributed by atoms with E-state index >= 15 is 0 Å². The van der Waals surface area contributed by atoms with E-state index in [2.05, 4.69) is 47.2 Å². The monoisotopic (exact) mass is 977 g/mol. The highest BCUT2D eigenvalue weighted by Crippen LogP contribution is 2.70. The van der Waals surface area contributed by atoms with Crippen molar-refractivity contribution in [3.05, 3.63) is 101 Å². The molecule has 18 heteroatoms. The lowest BCUT2D eigenvalue weighted by Crippen LogP contribution is -2.63. The number of hydrogen-bond donors (Lipinski definition) is 7. The fourth-order valence-electron chi connectivity index (χ4n) is 11.6. The molecule has 7 rings (SSSR count). The summed E-state index contributed by atoms with van der Waals surface area (Å²) in [7, 11) is -5.02. The highest BCUT2D eigenvalue weighted by atomic mass is 32.2. The number of fused-ring (bicyclic) bond motifs is 7. The topological polar surface area (TPSA) is 247 Å². The number of phosphoric acid groups is 1. The number of benzene rings is 2. The normalized spacial score (nSPS) is 31.2. The van der Waals surface area contributed by atoms with E-state index in [1.54, 1.807) is 12.1 Å². The maximum atomic E-state index is 14.5. The van der Waals surface area contributed by atoms with Gasteiger partial charge in [0, 0.05) is 33.2 Å². The number of carbonyl (C=O) groups is 5. The van der Waals surface area contributed by atoms with Gasteiger partial charge < -0.3 is 45.4 Å². The number of allylic oxidation sites excluding steroid dienone is 6. The van der Waals surface area contributed by atoms with E-state index in [1.807, 2.05) is 64.1 Å². The van der Waals surface area contributed by atoms with Crippen LogP contribution in [-0.4, -0.2) is 97.0 Å². The van der Waals surface area contributed by atoms with E-state index in [4.69, 9.17) is 14.0 Å². The fourth-order valence-corrected chi connectivity index (χ4v) is 13.1. The zero-order chi connectivity index (χ0) is 49.3. The molecule has 0 aromatic heterocycles. The molecule has 3 amide bonds. The van der Waals surface area contributed by atoms with E-state index in [-0.39, 0.29) is 41.3 Å². The lowest BCUT2D eigenvalue weighted by atomic mass is 9.46. The molecule has 16 nitrogen and oxygen atoms in total. The molecule has 7 N–H and O–H groups in total. The van der Waals surface area contributed by atoms with Crippen molar-refractivity contribution in [2.75, 3.05) is 18.5 Å². The Balaban J connectivity index is 0.995. The smallest absolute Gasteiger partial charge is 0.470 e. The largest absolute Gasteiger partial charge is 0.481 e. The molecule has 0 bridgehead atoms. The fraction of sp³-hybridized carbons (Fsp3) is 0.540. The van der Waals surface area contributed by atoms with E-state index in [9.17, 15) is 48.5 Å². The van der Waals surface area contributed by atoms with Gasteiger partial charge in [0.05, 0.1) is 30.4 Å². The summed E-state index contributed by atoms with van der Waals surface area (Å²) in [6.07, 6.45) is 9.24. The Bertz CT molecular complexity index is 2420. The molecule has 68 heavy (non-hydrogen) atoms. The molecular formula is C50H64N3O13PS. The van der Waals surface area contributed by atoms with Crippen molar-refractivity contribution in [1.82, 2.24) is 10.6 Å². The van der Waals surface area contributed by atoms with Crippen LogP contribution in [0.15, 0.2) is 84.0 Å². The number of aliphatic hydroxyl groups excluding tert-OH is 1. The van der Waals surface area contributed by atoms with Crippen molar-refractivity contribution in [3.63, 3.8) is 0 Å². The maximum absolute atomic E-state index is 14.5. The second-order valence-electron chi connectivity index (χ2n) is 19.4. The average Bonchev–Trinajstić information content (AvgIpc) is 3.79. The predicted molar refractivity (Wildman–Crippen MR) is 255 cm³/mol. The Hall–Kier alpha value is -4.45. The van der Waals surface area contributed by atoms with E-state index < -0.39 is 91.3 Å². The molecule has 368 valence electrons. The third-order valence-corrected chi connectivity index (χ3v) is 17.0. The van der Waals surface area contributed by atoms with Gasteiger partial charge in [-0.3, -0.25) is 28.5 Å². The van der Waals surface area contributed by atoms with Crippen LogP contribution in [0.5, 0.6) is 0 Å². The van der Waals surface area contributed by atoms with Crippen LogP contribution in [0.1, 0.15) is 103 Å². The number of carboxylic acid groups (broad SMARTS) is 1. The molecule has 3 saturated carbocycles. The number of ether oxygens (including phenoxy) is 2. The van der Waals surface area contributed by atoms with Gasteiger partial charge in [0.15, 0.2) is 17.7 Å². The molecule has 12 atom stereocenters. The molecular weight excluding hydrogens is 914 g/mol. The van der Waals surface area contributed by atoms with Crippen LogP contribution < -0.4 is 16.0 Å². The van der Waals surface area contributed by atoms with Gasteiger partial charge in [-0.15, -0.1) is 11.8 Å². The van der Waals surface area contributed by atoms with Crippen LogP contribution in [0, 0.1) is 28.6 Å². The Kier molecular flexibility index (Phi) is 15.5. The first-order valence-corrected chi connectivity index (χ1v) is 25.8. The van der Waals surface area contributed by atoms with Crippen LogP contribution in [-0.2, 0) is 49.0 Å². The lowest BCUT2D eigenvalue weighted by molar-refractivity contribution is -0.200. The Morgan fingerprint density at radius 2 is 1.78 bits per heavy atom. The van der Waals surface area contributed by atoms with E-state index in [0.29, 0.717) is 24.1 Å². The zero-order valence-electron chi connectivity index (χ0n) is 39.3. The van der Waals surface area contributed by atoms with Crippen LogP contribution in [0.2, 0.25) is 0 Å². The van der Waals surface area contributed by atoms with Crippen molar-refractivity contribution in [3.8, 4) is 0 Å². The first-order chi connectivity index (χ1) is 32.1. The first kappa shape index (κ1) is 51.4. The minimum atomic E-state index is -5.02. The molecule has 1 heterocycles. The second-order valence-corrected chi connectivity index (χ2v) is 22.3. The maximum Gasteiger partial charge on any atom is 0.470 e. The summed E-state index contributed by atoms with van der Waals surface area (Å²) >= 11 is 1.23. The molecule has 4 aliphatic carbocycles. The summed E-state index contributed by atoms with van der Waals surface area (Å²) in [6.45, 7) is 10.2. The quantitative estimate of drug-likeness (QED) is 0.0810. The third-order valence-electron chi connectivity index (χ3n) is 15.1. The number of hydrogen-bond acceptors (Lipinski definition) is 11. The highest BCUT2D eigenvalue weighted by molar-refractivity contribution is 8.01. The molecule has 2 unspecified atom stereocenters. The number of thioether (sulfide) groups is 1. The van der Waals surface area contributed by atoms with E-state index in [0.717, 1.165) is 36.0 Å². The molecule has 1 saturated heterocycles. The molecule has 0 radical (unpaired) electrons. The number of anilines is 1. The number of carboxylic acids is 1. The number of aliphatic carboxylic acids is 1. The van der Waals surface area contributed by atoms with Crippen molar-refractivity contribution in [2.45, 2.75) is 127 Å². The summed E-state index contributed by atoms with van der Waals surface area (Å²) in [5, 5.41) is 28.5. The van der Waals surface area contributed by atoms with Gasteiger partial charge in [-0.25, -0.2) is 4.57 Å². The number of rotatable bonds is 18. The number of carbonyl (C=O) groups excluding carboxylic acids is 4. The number of amides is 3. The number of phosphoric ester groups is 1. The highest BCUT2D eigenvalue weighted by Gasteiger charge is 2.76. The van der Waals surface area contributed by atoms with Crippen molar-refractivity contribution in [2.24, 2.45) is 28.6 Å². The van der Waals surface area contributed by atoms with Crippen LogP contribution in [0.3, 0.4) is 0 Å².